The third-order valence-corrected chi connectivity index (χ3v) is 14.8. The van der Waals surface area contributed by atoms with Crippen LogP contribution < -0.4 is 46.6 Å². The zero-order chi connectivity index (χ0) is 64.6. The van der Waals surface area contributed by atoms with Crippen LogP contribution in [0.4, 0.5) is 8.78 Å². The van der Waals surface area contributed by atoms with Gasteiger partial charge in [-0.1, -0.05) is 24.3 Å². The van der Waals surface area contributed by atoms with Gasteiger partial charge in [0.05, 0.1) is 77.3 Å². The van der Waals surface area contributed by atoms with Crippen molar-refractivity contribution in [1.82, 2.24) is 46.9 Å². The van der Waals surface area contributed by atoms with Crippen molar-refractivity contribution >= 4 is 66.9 Å². The Bertz CT molecular complexity index is 2830. The zero-order valence-corrected chi connectivity index (χ0v) is 49.3. The number of nitrogens with zero attached hydrogens (tertiary/aromatic N) is 2. The molecule has 0 aliphatic carbocycles. The molecule has 3 aliphatic heterocycles. The molecule has 2 aromatic rings. The molecule has 5 rings (SSSR count). The number of methoxy groups -OCH3 is 2. The van der Waals surface area contributed by atoms with Crippen LogP contribution in [-0.4, -0.2) is 216 Å². The van der Waals surface area contributed by atoms with E-state index in [1.54, 1.807) is 62.9 Å². The number of hydrogen-bond acceptors (Lipinski definition) is 19. The van der Waals surface area contributed by atoms with Crippen molar-refractivity contribution in [3.8, 4) is 11.5 Å². The summed E-state index contributed by atoms with van der Waals surface area (Å²) in [6, 6.07) is 5.89. The number of aliphatic hydroxyl groups excluding tert-OH is 5. The van der Waals surface area contributed by atoms with Gasteiger partial charge >= 0.3 is 0 Å². The quantitative estimate of drug-likeness (QED) is 0.0189. The minimum Gasteiger partial charge on any atom is -0.493 e. The van der Waals surface area contributed by atoms with Crippen LogP contribution in [0.3, 0.4) is 0 Å². The Balaban J connectivity index is 1.00. The normalized spacial score (nSPS) is 18.9. The maximum Gasteiger partial charge on any atom is 0.289 e. The highest BCUT2D eigenvalue weighted by molar-refractivity contribution is 6.38. The number of amides is 9. The average molecular weight is 1230 g/mol. The Morgan fingerprint density at radius 3 is 2.10 bits per heavy atom. The van der Waals surface area contributed by atoms with Gasteiger partial charge in [-0.25, -0.2) is 8.78 Å². The molecule has 12 N–H and O–H groups in total. The molecule has 2 aromatic carbocycles. The Labute approximate surface area is 501 Å². The predicted molar refractivity (Wildman–Crippen MR) is 300 cm³/mol. The van der Waals surface area contributed by atoms with E-state index in [0.717, 1.165) is 16.7 Å². The van der Waals surface area contributed by atoms with Gasteiger partial charge < -0.3 is 91.4 Å². The summed E-state index contributed by atoms with van der Waals surface area (Å²) < 4.78 is 51.6. The molecule has 0 aromatic heterocycles. The first-order chi connectivity index (χ1) is 40.9. The molecule has 1 unspecified atom stereocenters. The lowest BCUT2D eigenvalue weighted by atomic mass is 10.00. The molecule has 478 valence electrons. The molecule has 8 atom stereocenters. The van der Waals surface area contributed by atoms with Crippen molar-refractivity contribution in [3.63, 3.8) is 0 Å². The van der Waals surface area contributed by atoms with Crippen LogP contribution in [0.5, 0.6) is 11.5 Å². The highest BCUT2D eigenvalue weighted by Gasteiger charge is 2.51. The summed E-state index contributed by atoms with van der Waals surface area (Å²) >= 11 is 0. The third-order valence-electron chi connectivity index (χ3n) is 14.8. The number of aliphatic hydroxyl groups is 5. The Morgan fingerprint density at radius 1 is 0.805 bits per heavy atom. The van der Waals surface area contributed by atoms with E-state index >= 15 is 0 Å². The van der Waals surface area contributed by atoms with Crippen molar-refractivity contribution < 1.29 is 101 Å². The van der Waals surface area contributed by atoms with Crippen LogP contribution in [0.25, 0.3) is 0 Å². The van der Waals surface area contributed by atoms with Gasteiger partial charge in [0.1, 0.15) is 36.4 Å². The van der Waals surface area contributed by atoms with Crippen LogP contribution in [0.15, 0.2) is 36.4 Å². The van der Waals surface area contributed by atoms with Crippen molar-refractivity contribution in [2.45, 2.75) is 158 Å². The number of carbonyl (C=O) groups is 10. The van der Waals surface area contributed by atoms with Crippen LogP contribution in [0.1, 0.15) is 94.9 Å². The lowest BCUT2D eigenvalue weighted by Gasteiger charge is -2.28. The lowest BCUT2D eigenvalue weighted by molar-refractivity contribution is -0.144. The number of carbonyl (C=O) groups excluding carboxylic acids is 10. The molecule has 9 amide bonds. The minimum atomic E-state index is -3.51. The third kappa shape index (κ3) is 20.6. The second-order valence-corrected chi connectivity index (χ2v) is 22.7. The second-order valence-electron chi connectivity index (χ2n) is 22.7. The van der Waals surface area contributed by atoms with Gasteiger partial charge in [0, 0.05) is 57.9 Å². The van der Waals surface area contributed by atoms with E-state index in [9.17, 15) is 77.2 Å². The SMILES string of the molecule is [B]NC(=O)[C@@H](CCC(=O)NC[C@H](O)[C@@H](O)[C@H](O)[C@H](O)CO)NC(=O)CC(C)(C)OCCOC(C)(C)CC(=O)NCc1cccc2c1CN(C(=O)C[C@@H]1C[C@@H](C(=O)NCC(=O)N3CC(F)(F)CC3C(=O)C(=O)NCc3ccc(OC)c(OC)c3)NC1=O)C2. The highest BCUT2D eigenvalue weighted by Crippen LogP contribution is 2.34. The summed E-state index contributed by atoms with van der Waals surface area (Å²) in [6.45, 7) is 3.55. The Hall–Kier alpha value is -7.42. The molecule has 87 heavy (non-hydrogen) atoms. The molecule has 0 spiro atoms. The van der Waals surface area contributed by atoms with E-state index in [0.29, 0.717) is 22.0 Å². The summed E-state index contributed by atoms with van der Waals surface area (Å²) in [5, 5.41) is 65.0. The molecule has 0 bridgehead atoms. The largest absolute Gasteiger partial charge is 0.493 e. The maximum absolute atomic E-state index is 14.7. The van der Waals surface area contributed by atoms with Gasteiger partial charge in [0.15, 0.2) is 11.5 Å². The first-order valence-electron chi connectivity index (χ1n) is 28.0. The van der Waals surface area contributed by atoms with E-state index in [1.165, 1.54) is 14.2 Å². The fourth-order valence-electron chi connectivity index (χ4n) is 10.0. The highest BCUT2D eigenvalue weighted by atomic mass is 19.3. The van der Waals surface area contributed by atoms with Gasteiger partial charge in [0.25, 0.3) is 11.8 Å². The summed E-state index contributed by atoms with van der Waals surface area (Å²) in [4.78, 5) is 132. The summed E-state index contributed by atoms with van der Waals surface area (Å²) in [7, 11) is 8.13. The van der Waals surface area contributed by atoms with Gasteiger partial charge in [-0.05, 0) is 74.9 Å². The molecule has 2 fully saturated rings. The van der Waals surface area contributed by atoms with Crippen molar-refractivity contribution in [2.24, 2.45) is 5.92 Å². The molecule has 2 saturated heterocycles. The monoisotopic (exact) mass is 1230 g/mol. The molecular formula is C56H78BF2N9O19. The fraction of sp³-hybridized carbons (Fsp3) is 0.607. The lowest BCUT2D eigenvalue weighted by Crippen LogP contribution is -2.51. The molecule has 3 aliphatic rings. The fourth-order valence-corrected chi connectivity index (χ4v) is 10.0. The van der Waals surface area contributed by atoms with Crippen molar-refractivity contribution in [3.05, 3.63) is 58.7 Å². The van der Waals surface area contributed by atoms with E-state index in [4.69, 9.17) is 32.0 Å². The number of rotatable bonds is 33. The average Bonchev–Trinajstić information content (AvgIpc) is 1.95. The van der Waals surface area contributed by atoms with Crippen LogP contribution in [0.2, 0.25) is 0 Å². The number of benzene rings is 2. The summed E-state index contributed by atoms with van der Waals surface area (Å²) in [5.41, 5.74) is 0.805. The molecule has 31 heteroatoms. The molecule has 2 radical (unpaired) electrons. The number of fused-ring (bicyclic) bond motifs is 1. The molecule has 0 saturated carbocycles. The van der Waals surface area contributed by atoms with Crippen molar-refractivity contribution in [2.75, 3.05) is 53.7 Å². The van der Waals surface area contributed by atoms with E-state index in [2.05, 4.69) is 31.9 Å². The van der Waals surface area contributed by atoms with Gasteiger partial charge in [0.2, 0.25) is 61.0 Å². The minimum absolute atomic E-state index is 0.00209. The van der Waals surface area contributed by atoms with Gasteiger partial charge in [-0.15, -0.1) is 0 Å². The van der Waals surface area contributed by atoms with Crippen LogP contribution in [-0.2, 0) is 83.6 Å². The first-order valence-corrected chi connectivity index (χ1v) is 28.0. The topological polar surface area (TPSA) is 399 Å². The van der Waals surface area contributed by atoms with E-state index < -0.39 is 145 Å². The van der Waals surface area contributed by atoms with Crippen LogP contribution in [0, 0.1) is 5.92 Å². The summed E-state index contributed by atoms with van der Waals surface area (Å²) in [5.74, 6) is -11.5. The first kappa shape index (κ1) is 70.3. The number of Topliss-reactive ketones (excluding diaryl/α,β-unsaturated/α-hetero) is 1. The number of hydrogen-bond donors (Lipinski definition) is 12. The maximum atomic E-state index is 14.7. The number of nitrogens with one attached hydrogen (secondary N) is 7. The number of alkyl halides is 2. The Kier molecular flexibility index (Phi) is 25.5. The number of ether oxygens (including phenoxy) is 4. The van der Waals surface area contributed by atoms with E-state index in [-0.39, 0.29) is 89.7 Å². The number of ketones is 1. The Morgan fingerprint density at radius 2 is 1.46 bits per heavy atom. The van der Waals surface area contributed by atoms with E-state index in [1.807, 2.05) is 11.3 Å². The standard InChI is InChI=1S/C56H78BF2N9O19/c1-54(2,86-14-15-87-55(3,4)21-44(74)64-35(52(82)66-57)11-13-42(72)61-24-38(70)48(78)49(79)39(71)28-69)20-43(73)60-23-31-8-7-9-32-26-67(27-34(31)32)45(75)18-33-17-36(65-50(33)80)51(81)63-25-46(76)68-29-56(58,59)19-37(68)47(77)53(83)62-22-30-10-12-40(84-5)41(16-30)85-6/h7-10,12,16,33,35-39,48-49,69-71,78-79H,11,13-15,17-29H2,1-6H3,(H,60,73)(H,61,72)(H,62,83)(H,63,81)(H,64,74)(H,65,80)(H,66,82)/t33-,35+,36-,37?,38-,39+,48+,49+/m0/s1. The van der Waals surface area contributed by atoms with Crippen molar-refractivity contribution in [1.29, 1.82) is 0 Å². The van der Waals surface area contributed by atoms with Gasteiger partial charge in [-0.2, -0.15) is 0 Å². The van der Waals surface area contributed by atoms with Crippen LogP contribution >= 0.6 is 0 Å². The number of likely N-dealkylation sites (tertiary alicyclic amines) is 1. The zero-order valence-electron chi connectivity index (χ0n) is 49.3. The smallest absolute Gasteiger partial charge is 0.289 e. The van der Waals surface area contributed by atoms with Gasteiger partial charge in [-0.3, -0.25) is 47.9 Å². The summed E-state index contributed by atoms with van der Waals surface area (Å²) in [6.07, 6.45) is -9.63. The second kappa shape index (κ2) is 31.5. The molecular weight excluding hydrogens is 1150 g/mol. The molecule has 28 nitrogen and oxygen atoms in total. The number of halogens is 2. The predicted octanol–water partition coefficient (Wildman–Crippen LogP) is -3.32. The molecule has 3 heterocycles.